The summed E-state index contributed by atoms with van der Waals surface area (Å²) in [5.74, 6) is -0.00483. The highest BCUT2D eigenvalue weighted by atomic mass is 16.2. The fourth-order valence-electron chi connectivity index (χ4n) is 5.41. The van der Waals surface area contributed by atoms with Gasteiger partial charge in [-0.2, -0.15) is 0 Å². The highest BCUT2D eigenvalue weighted by molar-refractivity contribution is 6.02. The first kappa shape index (κ1) is 26.7. The molecule has 2 heterocycles. The van der Waals surface area contributed by atoms with Crippen LogP contribution in [0.15, 0.2) is 48.5 Å². The lowest BCUT2D eigenvalue weighted by Gasteiger charge is -2.31. The second-order valence-corrected chi connectivity index (χ2v) is 10.0. The molecule has 0 aliphatic carbocycles. The molecule has 2 saturated heterocycles. The molecule has 0 spiro atoms. The van der Waals surface area contributed by atoms with Gasteiger partial charge in [0.2, 0.25) is 11.8 Å². The summed E-state index contributed by atoms with van der Waals surface area (Å²) in [5.41, 5.74) is 3.23. The fraction of sp³-hybridized carbons (Fsp3) is 0.500. The van der Waals surface area contributed by atoms with Crippen molar-refractivity contribution in [2.75, 3.05) is 49.5 Å². The van der Waals surface area contributed by atoms with E-state index < -0.39 is 0 Å². The standard InChI is InChI=1S/C30H40N4O3/c1-3-25(23-12-7-5-8-13-23)29(36)34-19-11-18-32(20-21-34)27-15-14-24(31-28(35)4-2)22-26(27)30(37)33-16-9-6-10-17-33/h5,7-8,12-15,22,25H,3-4,6,9-11,16-21H2,1-2H3,(H,31,35)/t25-/m1/s1. The van der Waals surface area contributed by atoms with Crippen molar-refractivity contribution >= 4 is 29.1 Å². The molecule has 0 radical (unpaired) electrons. The molecule has 2 aliphatic rings. The number of benzene rings is 2. The average Bonchev–Trinajstić information content (AvgIpc) is 3.20. The van der Waals surface area contributed by atoms with Crippen LogP contribution in [-0.4, -0.2) is 66.8 Å². The molecule has 1 N–H and O–H groups in total. The number of likely N-dealkylation sites (tertiary alicyclic amines) is 1. The summed E-state index contributed by atoms with van der Waals surface area (Å²) in [7, 11) is 0. The zero-order chi connectivity index (χ0) is 26.2. The van der Waals surface area contributed by atoms with Crippen molar-refractivity contribution in [3.05, 3.63) is 59.7 Å². The van der Waals surface area contributed by atoms with Crippen LogP contribution < -0.4 is 10.2 Å². The molecule has 3 amide bonds. The van der Waals surface area contributed by atoms with Gasteiger partial charge in [-0.25, -0.2) is 0 Å². The summed E-state index contributed by atoms with van der Waals surface area (Å²) < 4.78 is 0. The Balaban J connectivity index is 1.54. The molecule has 2 aromatic rings. The Hall–Kier alpha value is -3.35. The van der Waals surface area contributed by atoms with Gasteiger partial charge in [-0.05, 0) is 55.9 Å². The quantitative estimate of drug-likeness (QED) is 0.583. The van der Waals surface area contributed by atoms with Crippen molar-refractivity contribution < 1.29 is 14.4 Å². The summed E-state index contributed by atoms with van der Waals surface area (Å²) >= 11 is 0. The second-order valence-electron chi connectivity index (χ2n) is 10.0. The van der Waals surface area contributed by atoms with Crippen molar-refractivity contribution in [3.63, 3.8) is 0 Å². The number of rotatable bonds is 7. The molecular formula is C30H40N4O3. The predicted molar refractivity (Wildman–Crippen MR) is 148 cm³/mol. The Morgan fingerprint density at radius 1 is 0.811 bits per heavy atom. The fourth-order valence-corrected chi connectivity index (χ4v) is 5.41. The molecular weight excluding hydrogens is 464 g/mol. The van der Waals surface area contributed by atoms with Crippen LogP contribution in [0.5, 0.6) is 0 Å². The van der Waals surface area contributed by atoms with Crippen LogP contribution in [0, 0.1) is 0 Å². The maximum atomic E-state index is 13.6. The topological polar surface area (TPSA) is 73.0 Å². The van der Waals surface area contributed by atoms with Gasteiger partial charge in [-0.3, -0.25) is 14.4 Å². The monoisotopic (exact) mass is 504 g/mol. The number of carbonyl (C=O) groups excluding carboxylic acids is 3. The van der Waals surface area contributed by atoms with Crippen LogP contribution in [-0.2, 0) is 9.59 Å². The van der Waals surface area contributed by atoms with Crippen molar-refractivity contribution in [1.29, 1.82) is 0 Å². The van der Waals surface area contributed by atoms with E-state index in [2.05, 4.69) is 17.1 Å². The minimum absolute atomic E-state index is 0.0228. The third-order valence-electron chi connectivity index (χ3n) is 7.53. The van der Waals surface area contributed by atoms with E-state index in [-0.39, 0.29) is 23.6 Å². The summed E-state index contributed by atoms with van der Waals surface area (Å²) in [6, 6.07) is 15.7. The number of amides is 3. The van der Waals surface area contributed by atoms with Crippen LogP contribution in [0.3, 0.4) is 0 Å². The number of hydrogen-bond acceptors (Lipinski definition) is 4. The summed E-state index contributed by atoms with van der Waals surface area (Å²) in [5, 5.41) is 2.91. The van der Waals surface area contributed by atoms with Crippen molar-refractivity contribution in [2.24, 2.45) is 0 Å². The van der Waals surface area contributed by atoms with Gasteiger partial charge < -0.3 is 20.0 Å². The zero-order valence-corrected chi connectivity index (χ0v) is 22.2. The highest BCUT2D eigenvalue weighted by Gasteiger charge is 2.28. The molecule has 7 heteroatoms. The van der Waals surface area contributed by atoms with E-state index in [9.17, 15) is 14.4 Å². The molecule has 0 aromatic heterocycles. The Bertz CT molecular complexity index is 1080. The van der Waals surface area contributed by atoms with Crippen LogP contribution in [0.1, 0.15) is 74.2 Å². The number of nitrogens with one attached hydrogen (secondary N) is 1. The Labute approximate surface area is 220 Å². The van der Waals surface area contributed by atoms with Gasteiger partial charge in [-0.15, -0.1) is 0 Å². The van der Waals surface area contributed by atoms with E-state index in [1.165, 1.54) is 0 Å². The first-order valence-corrected chi connectivity index (χ1v) is 13.8. The summed E-state index contributed by atoms with van der Waals surface area (Å²) in [6.45, 7) is 8.18. The second kappa shape index (κ2) is 12.7. The van der Waals surface area contributed by atoms with E-state index in [1.807, 2.05) is 65.3 Å². The number of piperidine rings is 1. The third-order valence-corrected chi connectivity index (χ3v) is 7.53. The first-order chi connectivity index (χ1) is 18.0. The summed E-state index contributed by atoms with van der Waals surface area (Å²) in [6.07, 6.45) is 5.18. The smallest absolute Gasteiger partial charge is 0.256 e. The molecule has 37 heavy (non-hydrogen) atoms. The van der Waals surface area contributed by atoms with Crippen molar-refractivity contribution in [1.82, 2.24) is 9.80 Å². The molecule has 4 rings (SSSR count). The number of nitrogens with zero attached hydrogens (tertiary/aromatic N) is 3. The van der Waals surface area contributed by atoms with Gasteiger partial charge in [0.15, 0.2) is 0 Å². The van der Waals surface area contributed by atoms with Crippen molar-refractivity contribution in [2.45, 2.75) is 58.3 Å². The summed E-state index contributed by atoms with van der Waals surface area (Å²) in [4.78, 5) is 45.3. The average molecular weight is 505 g/mol. The SMILES string of the molecule is CCC(=O)Nc1ccc(N2CCCN(C(=O)[C@H](CC)c3ccccc3)CC2)c(C(=O)N2CCCCC2)c1. The Morgan fingerprint density at radius 3 is 2.24 bits per heavy atom. The molecule has 1 atom stereocenters. The Morgan fingerprint density at radius 2 is 1.54 bits per heavy atom. The van der Waals surface area contributed by atoms with Gasteiger partial charge in [0, 0.05) is 57.1 Å². The van der Waals surface area contributed by atoms with Gasteiger partial charge in [0.05, 0.1) is 11.5 Å². The number of hydrogen-bond donors (Lipinski definition) is 1. The van der Waals surface area contributed by atoms with E-state index in [1.54, 1.807) is 0 Å². The molecule has 0 unspecified atom stereocenters. The van der Waals surface area contributed by atoms with Gasteiger partial charge >= 0.3 is 0 Å². The van der Waals surface area contributed by atoms with Crippen LogP contribution in [0.25, 0.3) is 0 Å². The lowest BCUT2D eigenvalue weighted by atomic mass is 9.95. The minimum atomic E-state index is -0.134. The van der Waals surface area contributed by atoms with Crippen LogP contribution >= 0.6 is 0 Å². The normalized spacial score (nSPS) is 17.2. The van der Waals surface area contributed by atoms with Gasteiger partial charge in [0.1, 0.15) is 0 Å². The van der Waals surface area contributed by atoms with Gasteiger partial charge in [-0.1, -0.05) is 44.2 Å². The van der Waals surface area contributed by atoms with Gasteiger partial charge in [0.25, 0.3) is 5.91 Å². The lowest BCUT2D eigenvalue weighted by molar-refractivity contribution is -0.132. The molecule has 2 aromatic carbocycles. The van der Waals surface area contributed by atoms with E-state index in [0.717, 1.165) is 63.0 Å². The van der Waals surface area contributed by atoms with Crippen LogP contribution in [0.4, 0.5) is 11.4 Å². The van der Waals surface area contributed by atoms with E-state index in [0.29, 0.717) is 37.3 Å². The molecule has 0 bridgehead atoms. The highest BCUT2D eigenvalue weighted by Crippen LogP contribution is 2.29. The molecule has 2 aliphatic heterocycles. The maximum absolute atomic E-state index is 13.6. The first-order valence-electron chi connectivity index (χ1n) is 13.8. The van der Waals surface area contributed by atoms with E-state index in [4.69, 9.17) is 0 Å². The van der Waals surface area contributed by atoms with Crippen molar-refractivity contribution in [3.8, 4) is 0 Å². The predicted octanol–water partition coefficient (Wildman–Crippen LogP) is 4.89. The Kier molecular flexibility index (Phi) is 9.20. The van der Waals surface area contributed by atoms with E-state index >= 15 is 0 Å². The number of carbonyl (C=O) groups is 3. The van der Waals surface area contributed by atoms with Crippen LogP contribution in [0.2, 0.25) is 0 Å². The molecule has 2 fully saturated rings. The third kappa shape index (κ3) is 6.51. The molecule has 0 saturated carbocycles. The largest absolute Gasteiger partial charge is 0.369 e. The minimum Gasteiger partial charge on any atom is -0.369 e. The maximum Gasteiger partial charge on any atom is 0.256 e. The molecule has 7 nitrogen and oxygen atoms in total. The molecule has 198 valence electrons. The lowest BCUT2D eigenvalue weighted by Crippen LogP contribution is -2.39. The number of anilines is 2. The zero-order valence-electron chi connectivity index (χ0n) is 22.2.